The van der Waals surface area contributed by atoms with Gasteiger partial charge in [0.25, 0.3) is 0 Å². The van der Waals surface area contributed by atoms with Gasteiger partial charge in [0.15, 0.2) is 0 Å². The predicted octanol–water partition coefficient (Wildman–Crippen LogP) is 4.57. The summed E-state index contributed by atoms with van der Waals surface area (Å²) in [4.78, 5) is 0. The van der Waals surface area contributed by atoms with Crippen LogP contribution in [-0.4, -0.2) is 7.11 Å². The van der Waals surface area contributed by atoms with Crippen molar-refractivity contribution in [2.75, 3.05) is 7.11 Å². The summed E-state index contributed by atoms with van der Waals surface area (Å²) >= 11 is 1.74. The molecule has 0 bridgehead atoms. The molecule has 0 aliphatic heterocycles. The van der Waals surface area contributed by atoms with E-state index in [1.165, 1.54) is 26.8 Å². The molecule has 108 valence electrons. The van der Waals surface area contributed by atoms with Crippen LogP contribution < -0.4 is 10.5 Å². The lowest BCUT2D eigenvalue weighted by molar-refractivity contribution is 0.407. The van der Waals surface area contributed by atoms with E-state index in [0.29, 0.717) is 0 Å². The molecule has 0 aliphatic rings. The number of rotatable bonds is 3. The minimum Gasteiger partial charge on any atom is -0.496 e. The summed E-state index contributed by atoms with van der Waals surface area (Å²) in [5.74, 6) is 0.871. The van der Waals surface area contributed by atoms with Crippen molar-refractivity contribution in [3.05, 3.63) is 64.0 Å². The standard InChI is InChI=1S/C18H19NOS/c1-11-8-12(2)17(15(9-11)20-3)18(19)14-10-21-16-7-5-4-6-13(14)16/h4-10,18H,19H2,1-3H3. The van der Waals surface area contributed by atoms with Crippen molar-refractivity contribution in [1.82, 2.24) is 0 Å². The van der Waals surface area contributed by atoms with E-state index >= 15 is 0 Å². The summed E-state index contributed by atoms with van der Waals surface area (Å²) in [5.41, 5.74) is 11.2. The van der Waals surface area contributed by atoms with Crippen LogP contribution in [0.1, 0.15) is 28.3 Å². The maximum absolute atomic E-state index is 6.58. The normalized spacial score (nSPS) is 12.6. The molecule has 1 aromatic heterocycles. The Balaban J connectivity index is 2.16. The Hall–Kier alpha value is -1.84. The first-order chi connectivity index (χ1) is 10.1. The molecule has 21 heavy (non-hydrogen) atoms. The predicted molar refractivity (Wildman–Crippen MR) is 90.3 cm³/mol. The van der Waals surface area contributed by atoms with E-state index < -0.39 is 0 Å². The molecule has 0 saturated heterocycles. The van der Waals surface area contributed by atoms with Crippen LogP contribution in [0.3, 0.4) is 0 Å². The van der Waals surface area contributed by atoms with Crippen molar-refractivity contribution in [3.63, 3.8) is 0 Å². The highest BCUT2D eigenvalue weighted by molar-refractivity contribution is 7.17. The topological polar surface area (TPSA) is 35.2 Å². The lowest BCUT2D eigenvalue weighted by Crippen LogP contribution is -2.14. The lowest BCUT2D eigenvalue weighted by atomic mass is 9.93. The van der Waals surface area contributed by atoms with Crippen LogP contribution in [0, 0.1) is 13.8 Å². The third-order valence-electron chi connectivity index (χ3n) is 3.87. The number of ether oxygens (including phenoxy) is 1. The average Bonchev–Trinajstić information content (AvgIpc) is 2.89. The minimum atomic E-state index is -0.170. The first-order valence-corrected chi connectivity index (χ1v) is 7.86. The number of benzene rings is 2. The van der Waals surface area contributed by atoms with Gasteiger partial charge in [-0.1, -0.05) is 24.3 Å². The van der Waals surface area contributed by atoms with Crippen LogP contribution in [0.25, 0.3) is 10.1 Å². The molecule has 0 radical (unpaired) electrons. The number of hydrogen-bond acceptors (Lipinski definition) is 3. The Kier molecular flexibility index (Phi) is 3.70. The fraction of sp³-hybridized carbons (Fsp3) is 0.222. The van der Waals surface area contributed by atoms with Crippen molar-refractivity contribution < 1.29 is 4.74 Å². The van der Waals surface area contributed by atoms with Crippen LogP contribution in [0.5, 0.6) is 5.75 Å². The molecule has 3 aromatic rings. The van der Waals surface area contributed by atoms with E-state index in [0.717, 1.165) is 11.3 Å². The lowest BCUT2D eigenvalue weighted by Gasteiger charge is -2.19. The zero-order valence-corrected chi connectivity index (χ0v) is 13.3. The Labute approximate surface area is 129 Å². The summed E-state index contributed by atoms with van der Waals surface area (Å²) in [6.07, 6.45) is 0. The maximum atomic E-state index is 6.58. The van der Waals surface area contributed by atoms with Gasteiger partial charge >= 0.3 is 0 Å². The van der Waals surface area contributed by atoms with Gasteiger partial charge in [-0.3, -0.25) is 0 Å². The molecule has 0 spiro atoms. The highest BCUT2D eigenvalue weighted by Gasteiger charge is 2.20. The average molecular weight is 297 g/mol. The fourth-order valence-corrected chi connectivity index (χ4v) is 3.90. The molecule has 0 saturated carbocycles. The van der Waals surface area contributed by atoms with Crippen LogP contribution in [0.15, 0.2) is 41.8 Å². The van der Waals surface area contributed by atoms with Gasteiger partial charge in [0.2, 0.25) is 0 Å². The molecule has 1 heterocycles. The van der Waals surface area contributed by atoms with Crippen molar-refractivity contribution in [2.24, 2.45) is 5.73 Å². The summed E-state index contributed by atoms with van der Waals surface area (Å²) in [6, 6.07) is 12.4. The smallest absolute Gasteiger partial charge is 0.124 e. The minimum absolute atomic E-state index is 0.170. The second-order valence-corrected chi connectivity index (χ2v) is 6.27. The molecule has 2 N–H and O–H groups in total. The van der Waals surface area contributed by atoms with Crippen molar-refractivity contribution in [1.29, 1.82) is 0 Å². The van der Waals surface area contributed by atoms with E-state index in [1.54, 1.807) is 18.4 Å². The van der Waals surface area contributed by atoms with E-state index in [-0.39, 0.29) is 6.04 Å². The van der Waals surface area contributed by atoms with Gasteiger partial charge < -0.3 is 10.5 Å². The van der Waals surface area contributed by atoms with Gasteiger partial charge in [0.05, 0.1) is 13.2 Å². The number of hydrogen-bond donors (Lipinski definition) is 1. The molecular formula is C18H19NOS. The van der Waals surface area contributed by atoms with Gasteiger partial charge in [-0.2, -0.15) is 0 Å². The molecule has 3 rings (SSSR count). The number of thiophene rings is 1. The molecule has 0 aliphatic carbocycles. The van der Waals surface area contributed by atoms with Crippen LogP contribution in [0.2, 0.25) is 0 Å². The third kappa shape index (κ3) is 2.43. The van der Waals surface area contributed by atoms with Crippen molar-refractivity contribution in [2.45, 2.75) is 19.9 Å². The van der Waals surface area contributed by atoms with Gasteiger partial charge in [0.1, 0.15) is 5.75 Å². The second-order valence-electron chi connectivity index (χ2n) is 5.36. The van der Waals surface area contributed by atoms with Gasteiger partial charge in [0, 0.05) is 10.3 Å². The van der Waals surface area contributed by atoms with Crippen LogP contribution in [-0.2, 0) is 0 Å². The summed E-state index contributed by atoms with van der Waals surface area (Å²) in [7, 11) is 1.70. The van der Waals surface area contributed by atoms with Crippen LogP contribution in [0.4, 0.5) is 0 Å². The number of methoxy groups -OCH3 is 1. The quantitative estimate of drug-likeness (QED) is 0.768. The Morgan fingerprint density at radius 1 is 1.14 bits per heavy atom. The van der Waals surface area contributed by atoms with Crippen molar-refractivity contribution in [3.8, 4) is 5.75 Å². The second kappa shape index (κ2) is 5.51. The van der Waals surface area contributed by atoms with E-state index in [2.05, 4.69) is 55.6 Å². The van der Waals surface area contributed by atoms with Crippen molar-refractivity contribution >= 4 is 21.4 Å². The molecule has 3 heteroatoms. The molecular weight excluding hydrogens is 278 g/mol. The Morgan fingerprint density at radius 2 is 1.90 bits per heavy atom. The summed E-state index contributed by atoms with van der Waals surface area (Å²) < 4.78 is 6.83. The highest BCUT2D eigenvalue weighted by atomic mass is 32.1. The first kappa shape index (κ1) is 14.1. The van der Waals surface area contributed by atoms with E-state index in [4.69, 9.17) is 10.5 Å². The monoisotopic (exact) mass is 297 g/mol. The number of aryl methyl sites for hydroxylation is 2. The zero-order chi connectivity index (χ0) is 15.0. The largest absolute Gasteiger partial charge is 0.496 e. The van der Waals surface area contributed by atoms with Gasteiger partial charge in [-0.05, 0) is 53.4 Å². The number of nitrogens with two attached hydrogens (primary N) is 1. The van der Waals surface area contributed by atoms with E-state index in [1.807, 2.05) is 0 Å². The molecule has 1 atom stereocenters. The zero-order valence-electron chi connectivity index (χ0n) is 12.5. The third-order valence-corrected chi connectivity index (χ3v) is 4.85. The molecule has 1 unspecified atom stereocenters. The van der Waals surface area contributed by atoms with E-state index in [9.17, 15) is 0 Å². The van der Waals surface area contributed by atoms with Gasteiger partial charge in [-0.15, -0.1) is 11.3 Å². The number of fused-ring (bicyclic) bond motifs is 1. The van der Waals surface area contributed by atoms with Crippen LogP contribution >= 0.6 is 11.3 Å². The maximum Gasteiger partial charge on any atom is 0.124 e. The highest BCUT2D eigenvalue weighted by Crippen LogP contribution is 2.37. The summed E-state index contributed by atoms with van der Waals surface area (Å²) in [5, 5.41) is 3.39. The summed E-state index contributed by atoms with van der Waals surface area (Å²) in [6.45, 7) is 4.17. The Morgan fingerprint density at radius 3 is 2.67 bits per heavy atom. The molecule has 2 nitrogen and oxygen atoms in total. The van der Waals surface area contributed by atoms with Gasteiger partial charge in [-0.25, -0.2) is 0 Å². The SMILES string of the molecule is COc1cc(C)cc(C)c1C(N)c1csc2ccccc12. The first-order valence-electron chi connectivity index (χ1n) is 6.98. The Bertz CT molecular complexity index is 791. The molecule has 2 aromatic carbocycles. The fourth-order valence-electron chi connectivity index (χ4n) is 2.90. The molecule has 0 amide bonds. The molecule has 0 fully saturated rings.